The third-order valence-corrected chi connectivity index (χ3v) is 13.6. The third-order valence-electron chi connectivity index (χ3n) is 12.4. The Balaban J connectivity index is 1.03. The molecule has 0 amide bonds. The van der Waals surface area contributed by atoms with Gasteiger partial charge in [0.25, 0.3) is 0 Å². The largest absolute Gasteiger partial charge is 0.309 e. The van der Waals surface area contributed by atoms with Crippen LogP contribution in [0.15, 0.2) is 259 Å². The molecule has 302 valence electrons. The molecule has 12 rings (SSSR count). The molecular formula is C60H41N3S. The van der Waals surface area contributed by atoms with Gasteiger partial charge in [-0.2, -0.15) is 0 Å². The molecule has 0 aliphatic carbocycles. The minimum absolute atomic E-state index is 1.08. The Labute approximate surface area is 377 Å². The number of benzene rings is 10. The maximum Gasteiger partial charge on any atom is 0.137 e. The highest BCUT2D eigenvalue weighted by molar-refractivity contribution is 8.00. The Morgan fingerprint density at radius 2 is 0.844 bits per heavy atom. The van der Waals surface area contributed by atoms with Crippen molar-refractivity contribution in [2.75, 3.05) is 9.80 Å². The van der Waals surface area contributed by atoms with Gasteiger partial charge in [0.05, 0.1) is 26.7 Å². The molecule has 0 unspecified atom stereocenters. The maximum absolute atomic E-state index is 2.46. The molecule has 64 heavy (non-hydrogen) atoms. The Bertz CT molecular complexity index is 3430. The van der Waals surface area contributed by atoms with E-state index < -0.39 is 0 Å². The number of nitrogens with zero attached hydrogens (tertiary/aromatic N) is 3. The van der Waals surface area contributed by atoms with Crippen molar-refractivity contribution in [1.29, 1.82) is 0 Å². The van der Waals surface area contributed by atoms with Gasteiger partial charge in [0.1, 0.15) is 5.82 Å². The van der Waals surface area contributed by atoms with Gasteiger partial charge in [0, 0.05) is 28.1 Å². The minimum Gasteiger partial charge on any atom is -0.309 e. The second-order valence-electron chi connectivity index (χ2n) is 16.1. The van der Waals surface area contributed by atoms with Crippen LogP contribution < -0.4 is 9.80 Å². The summed E-state index contributed by atoms with van der Waals surface area (Å²) in [5, 5.41) is 3.72. The number of hydrogen-bond acceptors (Lipinski definition) is 3. The molecule has 0 radical (unpaired) electrons. The monoisotopic (exact) mass is 835 g/mol. The predicted octanol–water partition coefficient (Wildman–Crippen LogP) is 17.2. The van der Waals surface area contributed by atoms with Gasteiger partial charge in [-0.15, -0.1) is 0 Å². The summed E-state index contributed by atoms with van der Waals surface area (Å²) in [6, 6.07) is 90.0. The first kappa shape index (κ1) is 37.7. The van der Waals surface area contributed by atoms with Crippen molar-refractivity contribution in [3.05, 3.63) is 249 Å². The van der Waals surface area contributed by atoms with Crippen LogP contribution >= 0.6 is 11.8 Å². The number of hydrogen-bond donors (Lipinski definition) is 0. The topological polar surface area (TPSA) is 11.4 Å². The van der Waals surface area contributed by atoms with Crippen molar-refractivity contribution in [3.63, 3.8) is 0 Å². The van der Waals surface area contributed by atoms with Crippen molar-refractivity contribution >= 4 is 67.7 Å². The number of fused-ring (bicyclic) bond motifs is 5. The number of anilines is 6. The molecule has 0 saturated heterocycles. The zero-order chi connectivity index (χ0) is 42.4. The Morgan fingerprint density at radius 1 is 0.344 bits per heavy atom. The van der Waals surface area contributed by atoms with Gasteiger partial charge in [-0.05, 0) is 111 Å². The average molecular weight is 836 g/mol. The van der Waals surface area contributed by atoms with E-state index in [2.05, 4.69) is 263 Å². The Morgan fingerprint density at radius 3 is 1.52 bits per heavy atom. The summed E-state index contributed by atoms with van der Waals surface area (Å²) in [5.74, 6) is 1.14. The van der Waals surface area contributed by atoms with E-state index in [0.29, 0.717) is 0 Å². The van der Waals surface area contributed by atoms with Crippen LogP contribution in [-0.4, -0.2) is 4.57 Å². The predicted molar refractivity (Wildman–Crippen MR) is 271 cm³/mol. The fourth-order valence-electron chi connectivity index (χ4n) is 9.34. The second-order valence-corrected chi connectivity index (χ2v) is 17.2. The highest BCUT2D eigenvalue weighted by Crippen LogP contribution is 2.59. The van der Waals surface area contributed by atoms with E-state index >= 15 is 0 Å². The van der Waals surface area contributed by atoms with Crippen molar-refractivity contribution < 1.29 is 0 Å². The smallest absolute Gasteiger partial charge is 0.137 e. The molecule has 3 nitrogen and oxygen atoms in total. The van der Waals surface area contributed by atoms with Crippen molar-refractivity contribution in [3.8, 4) is 39.1 Å². The van der Waals surface area contributed by atoms with Gasteiger partial charge < -0.3 is 4.90 Å². The fraction of sp³-hybridized carbons (Fsp3) is 0. The molecule has 0 atom stereocenters. The summed E-state index contributed by atoms with van der Waals surface area (Å²) in [6.07, 6.45) is 0. The zero-order valence-corrected chi connectivity index (χ0v) is 35.7. The van der Waals surface area contributed by atoms with Gasteiger partial charge in [0.15, 0.2) is 0 Å². The Hall–Kier alpha value is -8.05. The highest BCUT2D eigenvalue weighted by Gasteiger charge is 2.34. The number of aromatic nitrogens is 1. The molecule has 0 N–H and O–H groups in total. The Kier molecular flexibility index (Phi) is 9.43. The van der Waals surface area contributed by atoms with Gasteiger partial charge in [-0.25, -0.2) is 0 Å². The van der Waals surface area contributed by atoms with E-state index in [4.69, 9.17) is 0 Å². The van der Waals surface area contributed by atoms with Crippen LogP contribution in [0.25, 0.3) is 60.7 Å². The first-order valence-corrected chi connectivity index (χ1v) is 22.6. The maximum atomic E-state index is 2.46. The summed E-state index contributed by atoms with van der Waals surface area (Å²) in [5.41, 5.74) is 15.0. The standard InChI is InChI=1S/C60H41N3S/c1-4-16-42(17-5-1)43-30-32-44(33-31-43)45-34-38-50(39-35-45)61(51-40-36-47(37-41-51)53-26-14-19-46-18-10-11-24-52(46)53)56-28-15-29-57-59(56)64-58-54-25-12-13-27-55(54)62(48-20-6-2-7-21-48)60(58)63(57)49-22-8-3-9-23-49/h1-41H. The summed E-state index contributed by atoms with van der Waals surface area (Å²) >= 11 is 1.87. The highest BCUT2D eigenvalue weighted by atomic mass is 32.2. The first-order chi connectivity index (χ1) is 31.8. The molecule has 0 spiro atoms. The zero-order valence-electron chi connectivity index (χ0n) is 34.9. The van der Waals surface area contributed by atoms with Gasteiger partial charge >= 0.3 is 0 Å². The summed E-state index contributed by atoms with van der Waals surface area (Å²) in [4.78, 5) is 7.31. The molecule has 0 fully saturated rings. The van der Waals surface area contributed by atoms with E-state index in [1.165, 1.54) is 64.8 Å². The molecule has 0 saturated carbocycles. The van der Waals surface area contributed by atoms with Crippen LogP contribution in [0.1, 0.15) is 0 Å². The van der Waals surface area contributed by atoms with Gasteiger partial charge in [-0.3, -0.25) is 9.47 Å². The summed E-state index contributed by atoms with van der Waals surface area (Å²) < 4.78 is 2.43. The van der Waals surface area contributed by atoms with Crippen molar-refractivity contribution in [2.45, 2.75) is 9.79 Å². The van der Waals surface area contributed by atoms with E-state index in [9.17, 15) is 0 Å². The molecule has 1 aromatic heterocycles. The van der Waals surface area contributed by atoms with Crippen LogP contribution in [0.4, 0.5) is 34.3 Å². The summed E-state index contributed by atoms with van der Waals surface area (Å²) in [7, 11) is 0. The van der Waals surface area contributed by atoms with Crippen molar-refractivity contribution in [2.24, 2.45) is 0 Å². The van der Waals surface area contributed by atoms with Crippen LogP contribution in [0.2, 0.25) is 0 Å². The average Bonchev–Trinajstić information content (AvgIpc) is 3.71. The fourth-order valence-corrected chi connectivity index (χ4v) is 10.6. The lowest BCUT2D eigenvalue weighted by Crippen LogP contribution is -2.20. The van der Waals surface area contributed by atoms with Gasteiger partial charge in [0.2, 0.25) is 0 Å². The molecule has 1 aliphatic rings. The molecule has 2 heterocycles. The van der Waals surface area contributed by atoms with Crippen molar-refractivity contribution in [1.82, 2.24) is 4.57 Å². The van der Waals surface area contributed by atoms with Crippen LogP contribution in [0, 0.1) is 0 Å². The SMILES string of the molecule is c1ccc(-c2ccc(-c3ccc(N(c4ccc(-c5cccc6ccccc56)cc4)c4cccc5c4Sc4c(n(-c6ccccc6)c6ccccc46)N5c4ccccc4)cc3)cc2)cc1. The molecular weight excluding hydrogens is 795 g/mol. The van der Waals surface area contributed by atoms with Crippen LogP contribution in [0.3, 0.4) is 0 Å². The number of rotatable bonds is 8. The van der Waals surface area contributed by atoms with E-state index in [-0.39, 0.29) is 0 Å². The molecule has 10 aromatic carbocycles. The molecule has 4 heteroatoms. The van der Waals surface area contributed by atoms with E-state index in [1.54, 1.807) is 0 Å². The summed E-state index contributed by atoms with van der Waals surface area (Å²) in [6.45, 7) is 0. The molecule has 11 aromatic rings. The molecule has 1 aliphatic heterocycles. The van der Waals surface area contributed by atoms with Crippen LogP contribution in [-0.2, 0) is 0 Å². The van der Waals surface area contributed by atoms with E-state index in [1.807, 2.05) is 11.8 Å². The van der Waals surface area contributed by atoms with Gasteiger partial charge in [-0.1, -0.05) is 194 Å². The quantitative estimate of drug-likeness (QED) is 0.151. The lowest BCUT2D eigenvalue weighted by molar-refractivity contribution is 1.03. The first-order valence-electron chi connectivity index (χ1n) is 21.8. The van der Waals surface area contributed by atoms with E-state index in [0.717, 1.165) is 39.9 Å². The minimum atomic E-state index is 1.08. The third kappa shape index (κ3) is 6.55. The normalized spacial score (nSPS) is 12.0. The lowest BCUT2D eigenvalue weighted by atomic mass is 9.98. The number of para-hydroxylation sites is 3. The van der Waals surface area contributed by atoms with Crippen LogP contribution in [0.5, 0.6) is 0 Å². The second kappa shape index (κ2) is 16.0. The molecule has 0 bridgehead atoms. The lowest BCUT2D eigenvalue weighted by Gasteiger charge is -2.36.